The zero-order chi connectivity index (χ0) is 10.2. The van der Waals surface area contributed by atoms with Crippen LogP contribution < -0.4 is 17.2 Å². The van der Waals surface area contributed by atoms with E-state index in [1.807, 2.05) is 0 Å². The van der Waals surface area contributed by atoms with Crippen LogP contribution in [0.15, 0.2) is 0 Å². The molecule has 0 aromatic carbocycles. The average molecular weight is 265 g/mol. The first-order valence-corrected chi connectivity index (χ1v) is 3.67. The molecule has 0 aromatic rings. The molecule has 0 aliphatic heterocycles. The molecule has 0 atom stereocenters. The van der Waals surface area contributed by atoms with Gasteiger partial charge in [-0.1, -0.05) is 0 Å². The van der Waals surface area contributed by atoms with Gasteiger partial charge < -0.3 is 38.0 Å². The van der Waals surface area contributed by atoms with Crippen LogP contribution in [-0.2, 0) is 17.1 Å². The minimum Gasteiger partial charge on any atom is -0.412 e. The molecule has 0 aliphatic rings. The van der Waals surface area contributed by atoms with Crippen molar-refractivity contribution < 1.29 is 37.9 Å². The molecule has 1 radical (unpaired) electrons. The normalized spacial score (nSPS) is 6.43. The average Bonchev–Trinajstić information content (AvgIpc) is 2.18. The van der Waals surface area contributed by atoms with Crippen LogP contribution in [0.5, 0.6) is 0 Å². The van der Waals surface area contributed by atoms with Crippen LogP contribution in [-0.4, -0.2) is 60.3 Å². The fraction of sp³-hybridized carbons (Fsp3) is 1.00. The standard InChI is InChI=1S/3C2H7NO.Cu.H2O/c3*3-1-2-4;;/h3*4H,1-3H2;;1H2. The number of hydrogen-bond acceptors (Lipinski definition) is 6. The molecular weight excluding hydrogens is 242 g/mol. The first kappa shape index (κ1) is 29.2. The summed E-state index contributed by atoms with van der Waals surface area (Å²) in [5.41, 5.74) is 14.3. The first-order chi connectivity index (χ1) is 5.74. The van der Waals surface area contributed by atoms with Gasteiger partial charge in [-0.15, -0.1) is 0 Å². The third kappa shape index (κ3) is 147. The molecule has 0 aliphatic carbocycles. The minimum absolute atomic E-state index is 0. The van der Waals surface area contributed by atoms with Crippen LogP contribution in [0, 0.1) is 0 Å². The molecule has 0 heterocycles. The molecule has 7 nitrogen and oxygen atoms in total. The number of nitrogens with two attached hydrogens (primary N) is 3. The summed E-state index contributed by atoms with van der Waals surface area (Å²) in [6, 6.07) is 0. The number of rotatable bonds is 3. The van der Waals surface area contributed by atoms with E-state index in [1.54, 1.807) is 0 Å². The molecule has 14 heavy (non-hydrogen) atoms. The van der Waals surface area contributed by atoms with Crippen LogP contribution >= 0.6 is 0 Å². The molecule has 0 bridgehead atoms. The van der Waals surface area contributed by atoms with Crippen molar-refractivity contribution in [1.29, 1.82) is 0 Å². The van der Waals surface area contributed by atoms with E-state index < -0.39 is 0 Å². The fourth-order valence-electron chi connectivity index (χ4n) is 0. The Hall–Kier alpha value is 0.239. The molecule has 0 spiro atoms. The van der Waals surface area contributed by atoms with Gasteiger partial charge in [-0.05, 0) is 0 Å². The van der Waals surface area contributed by atoms with Gasteiger partial charge in [0.15, 0.2) is 0 Å². The molecular formula is C6H23CuN3O4. The van der Waals surface area contributed by atoms with Crippen LogP contribution in [0.3, 0.4) is 0 Å². The van der Waals surface area contributed by atoms with Crippen molar-refractivity contribution in [2.75, 3.05) is 39.5 Å². The third-order valence-electron chi connectivity index (χ3n) is 0.387. The molecule has 0 rings (SSSR count). The Kier molecular flexibility index (Phi) is 106. The summed E-state index contributed by atoms with van der Waals surface area (Å²) < 4.78 is 0. The predicted molar refractivity (Wildman–Crippen MR) is 52.0 cm³/mol. The Morgan fingerprint density at radius 1 is 0.643 bits per heavy atom. The summed E-state index contributed by atoms with van der Waals surface area (Å²) >= 11 is 0. The van der Waals surface area contributed by atoms with Crippen molar-refractivity contribution in [3.8, 4) is 0 Å². The Labute approximate surface area is 95.1 Å². The van der Waals surface area contributed by atoms with Crippen molar-refractivity contribution >= 4 is 0 Å². The van der Waals surface area contributed by atoms with E-state index in [0.29, 0.717) is 19.6 Å². The minimum atomic E-state index is 0. The molecule has 0 fully saturated rings. The topological polar surface area (TPSA) is 170 Å². The van der Waals surface area contributed by atoms with Crippen molar-refractivity contribution in [1.82, 2.24) is 0 Å². The van der Waals surface area contributed by atoms with Gasteiger partial charge in [-0.25, -0.2) is 0 Å². The summed E-state index contributed by atoms with van der Waals surface area (Å²) in [5, 5.41) is 23.2. The van der Waals surface area contributed by atoms with Crippen molar-refractivity contribution in [3.63, 3.8) is 0 Å². The Balaban J connectivity index is -0.0000000270. The Morgan fingerprint density at radius 2 is 0.714 bits per heavy atom. The monoisotopic (exact) mass is 264 g/mol. The molecule has 8 heteroatoms. The second kappa shape index (κ2) is 50.9. The largest absolute Gasteiger partial charge is 0.412 e. The summed E-state index contributed by atoms with van der Waals surface area (Å²) in [6.07, 6.45) is 0. The third-order valence-corrected chi connectivity index (χ3v) is 0.387. The SMILES string of the molecule is NCCO.NCCO.NCCO.O.[Cu]. The maximum Gasteiger partial charge on any atom is 0.0553 e. The molecule has 0 amide bonds. The van der Waals surface area contributed by atoms with Gasteiger partial charge >= 0.3 is 0 Å². The summed E-state index contributed by atoms with van der Waals surface area (Å²) in [5.74, 6) is 0. The van der Waals surface area contributed by atoms with Gasteiger partial charge in [0.05, 0.1) is 19.8 Å². The second-order valence-corrected chi connectivity index (χ2v) is 1.54. The summed E-state index contributed by atoms with van der Waals surface area (Å²) in [6.45, 7) is 1.42. The van der Waals surface area contributed by atoms with Crippen molar-refractivity contribution in [3.05, 3.63) is 0 Å². The number of hydrogen-bond donors (Lipinski definition) is 6. The van der Waals surface area contributed by atoms with Gasteiger partial charge in [-0.2, -0.15) is 0 Å². The smallest absolute Gasteiger partial charge is 0.0553 e. The van der Waals surface area contributed by atoms with E-state index in [4.69, 9.17) is 32.5 Å². The van der Waals surface area contributed by atoms with Gasteiger partial charge in [0.1, 0.15) is 0 Å². The van der Waals surface area contributed by atoms with Gasteiger partial charge in [0, 0.05) is 36.7 Å². The molecule has 0 unspecified atom stereocenters. The van der Waals surface area contributed by atoms with E-state index in [2.05, 4.69) is 0 Å². The molecule has 97 valence electrons. The summed E-state index contributed by atoms with van der Waals surface area (Å²) in [7, 11) is 0. The summed E-state index contributed by atoms with van der Waals surface area (Å²) in [4.78, 5) is 0. The van der Waals surface area contributed by atoms with Gasteiger partial charge in [0.25, 0.3) is 0 Å². The van der Waals surface area contributed by atoms with E-state index in [9.17, 15) is 0 Å². The van der Waals surface area contributed by atoms with Crippen LogP contribution in [0.1, 0.15) is 0 Å². The van der Waals surface area contributed by atoms with Crippen LogP contribution in [0.4, 0.5) is 0 Å². The van der Waals surface area contributed by atoms with Crippen LogP contribution in [0.2, 0.25) is 0 Å². The van der Waals surface area contributed by atoms with E-state index >= 15 is 0 Å². The zero-order valence-electron chi connectivity index (χ0n) is 8.12. The van der Waals surface area contributed by atoms with Crippen LogP contribution in [0.25, 0.3) is 0 Å². The number of aliphatic hydroxyl groups excluding tert-OH is 3. The predicted octanol–water partition coefficient (Wildman–Crippen LogP) is -4.01. The molecule has 0 aromatic heterocycles. The van der Waals surface area contributed by atoms with Gasteiger partial charge in [0.2, 0.25) is 0 Å². The Morgan fingerprint density at radius 3 is 0.714 bits per heavy atom. The van der Waals surface area contributed by atoms with E-state index in [0.717, 1.165) is 0 Å². The zero-order valence-corrected chi connectivity index (χ0v) is 9.06. The quantitative estimate of drug-likeness (QED) is 0.284. The van der Waals surface area contributed by atoms with Crippen molar-refractivity contribution in [2.24, 2.45) is 17.2 Å². The van der Waals surface area contributed by atoms with Gasteiger partial charge in [-0.3, -0.25) is 0 Å². The first-order valence-electron chi connectivity index (χ1n) is 3.67. The maximum absolute atomic E-state index is 7.75. The van der Waals surface area contributed by atoms with E-state index in [1.165, 1.54) is 0 Å². The fourth-order valence-corrected chi connectivity index (χ4v) is 0. The number of aliphatic hydroxyl groups is 3. The second-order valence-electron chi connectivity index (χ2n) is 1.54. The molecule has 11 N–H and O–H groups in total. The van der Waals surface area contributed by atoms with Crippen molar-refractivity contribution in [2.45, 2.75) is 0 Å². The van der Waals surface area contributed by atoms with E-state index in [-0.39, 0.29) is 42.4 Å². The Bertz CT molecular complexity index is 40.5. The molecule has 0 saturated heterocycles. The molecule has 0 saturated carbocycles. The maximum atomic E-state index is 7.75.